The summed E-state index contributed by atoms with van der Waals surface area (Å²) in [6.07, 6.45) is 1.18. The Morgan fingerprint density at radius 2 is 1.71 bits per heavy atom. The van der Waals surface area contributed by atoms with Gasteiger partial charge < -0.3 is 0 Å². The van der Waals surface area contributed by atoms with Gasteiger partial charge in [0.2, 0.25) is 0 Å². The fourth-order valence-corrected chi connectivity index (χ4v) is 2.49. The molecule has 0 aromatic heterocycles. The maximum atomic E-state index is 12.0. The summed E-state index contributed by atoms with van der Waals surface area (Å²) in [5.41, 5.74) is 0.267. The molecule has 0 saturated carbocycles. The van der Waals surface area contributed by atoms with Crippen LogP contribution in [0, 0.1) is 5.92 Å². The van der Waals surface area contributed by atoms with Crippen molar-refractivity contribution in [2.24, 2.45) is 5.92 Å². The third-order valence-electron chi connectivity index (χ3n) is 2.34. The zero-order valence-electron chi connectivity index (χ0n) is 9.49. The molecule has 94 valence electrons. The molecule has 0 heterocycles. The van der Waals surface area contributed by atoms with Crippen molar-refractivity contribution in [2.75, 3.05) is 0 Å². The predicted octanol–water partition coefficient (Wildman–Crippen LogP) is 5.92. The maximum absolute atomic E-state index is 12.0. The number of halogens is 4. The number of Topliss-reactive ketones (excluding diaryl/α,β-unsaturated/α-hetero) is 1. The Kier molecular flexibility index (Phi) is 5.59. The molecule has 0 unspecified atom stereocenters. The van der Waals surface area contributed by atoms with Gasteiger partial charge in [0.25, 0.3) is 0 Å². The SMILES string of the molecule is CC(C)CCC(=O)c1c(Cl)cc(Cl)c(Cl)c1Cl. The molecule has 0 aliphatic carbocycles. The summed E-state index contributed by atoms with van der Waals surface area (Å²) >= 11 is 23.7. The molecule has 1 aromatic carbocycles. The Labute approximate surface area is 121 Å². The number of ketones is 1. The first kappa shape index (κ1) is 15.1. The van der Waals surface area contributed by atoms with Gasteiger partial charge in [-0.15, -0.1) is 0 Å². The molecule has 0 amide bonds. The van der Waals surface area contributed by atoms with Gasteiger partial charge in [-0.3, -0.25) is 4.79 Å². The number of carbonyl (C=O) groups excluding carboxylic acids is 1. The van der Waals surface area contributed by atoms with Gasteiger partial charge in [0.15, 0.2) is 5.78 Å². The Bertz CT molecular complexity index is 441. The van der Waals surface area contributed by atoms with Crippen LogP contribution < -0.4 is 0 Å². The number of hydrogen-bond acceptors (Lipinski definition) is 1. The van der Waals surface area contributed by atoms with Gasteiger partial charge in [-0.2, -0.15) is 0 Å². The van der Waals surface area contributed by atoms with Crippen LogP contribution >= 0.6 is 46.4 Å². The number of rotatable bonds is 4. The molecule has 0 atom stereocenters. The highest BCUT2D eigenvalue weighted by atomic mass is 35.5. The molecule has 17 heavy (non-hydrogen) atoms. The molecular formula is C12H12Cl4O. The first-order chi connectivity index (χ1) is 7.84. The van der Waals surface area contributed by atoms with Crippen molar-refractivity contribution in [2.45, 2.75) is 26.7 Å². The fraction of sp³-hybridized carbons (Fsp3) is 0.417. The molecule has 1 aromatic rings. The zero-order valence-corrected chi connectivity index (χ0v) is 12.5. The number of carbonyl (C=O) groups is 1. The normalized spacial score (nSPS) is 11.0. The van der Waals surface area contributed by atoms with Gasteiger partial charge in [-0.1, -0.05) is 60.3 Å². The molecule has 0 saturated heterocycles. The van der Waals surface area contributed by atoms with Crippen LogP contribution in [-0.4, -0.2) is 5.78 Å². The van der Waals surface area contributed by atoms with Gasteiger partial charge in [-0.05, 0) is 18.4 Å². The molecule has 0 aliphatic heterocycles. The standard InChI is InChI=1S/C12H12Cl4O/c1-6(2)3-4-9(17)10-7(13)5-8(14)11(15)12(10)16/h5-6H,3-4H2,1-2H3. The molecule has 0 aliphatic rings. The van der Waals surface area contributed by atoms with Crippen LogP contribution in [-0.2, 0) is 0 Å². The van der Waals surface area contributed by atoms with Gasteiger partial charge in [0, 0.05) is 6.42 Å². The van der Waals surface area contributed by atoms with Crippen molar-refractivity contribution in [1.29, 1.82) is 0 Å². The van der Waals surface area contributed by atoms with E-state index in [0.717, 1.165) is 6.42 Å². The van der Waals surface area contributed by atoms with E-state index in [1.165, 1.54) is 6.07 Å². The average Bonchev–Trinajstić information content (AvgIpc) is 2.23. The van der Waals surface area contributed by atoms with Crippen LogP contribution in [0.15, 0.2) is 6.07 Å². The van der Waals surface area contributed by atoms with E-state index in [2.05, 4.69) is 0 Å². The molecule has 1 nitrogen and oxygen atoms in total. The fourth-order valence-electron chi connectivity index (χ4n) is 1.37. The molecule has 0 N–H and O–H groups in total. The van der Waals surface area contributed by atoms with E-state index in [1.807, 2.05) is 13.8 Å². The predicted molar refractivity (Wildman–Crippen MR) is 74.9 cm³/mol. The van der Waals surface area contributed by atoms with E-state index in [1.54, 1.807) is 0 Å². The second-order valence-corrected chi connectivity index (χ2v) is 5.77. The minimum Gasteiger partial charge on any atom is -0.294 e. The van der Waals surface area contributed by atoms with Gasteiger partial charge in [-0.25, -0.2) is 0 Å². The van der Waals surface area contributed by atoms with Crippen LogP contribution in [0.5, 0.6) is 0 Å². The first-order valence-corrected chi connectivity index (χ1v) is 6.72. The molecular weight excluding hydrogens is 302 g/mol. The van der Waals surface area contributed by atoms with E-state index in [4.69, 9.17) is 46.4 Å². The third-order valence-corrected chi connectivity index (χ3v) is 3.90. The molecule has 0 radical (unpaired) electrons. The Hall–Kier alpha value is 0.0500. The lowest BCUT2D eigenvalue weighted by Crippen LogP contribution is -2.03. The van der Waals surface area contributed by atoms with Gasteiger partial charge in [0.05, 0.1) is 25.7 Å². The molecule has 0 fully saturated rings. The van der Waals surface area contributed by atoms with Crippen molar-refractivity contribution >= 4 is 52.2 Å². The third kappa shape index (κ3) is 3.75. The van der Waals surface area contributed by atoms with Crippen LogP contribution in [0.1, 0.15) is 37.0 Å². The highest BCUT2D eigenvalue weighted by Gasteiger charge is 2.19. The summed E-state index contributed by atoms with van der Waals surface area (Å²) in [5.74, 6) is 0.339. The summed E-state index contributed by atoms with van der Waals surface area (Å²) in [6, 6.07) is 1.44. The van der Waals surface area contributed by atoms with E-state index < -0.39 is 0 Å². The van der Waals surface area contributed by atoms with Crippen LogP contribution in [0.4, 0.5) is 0 Å². The van der Waals surface area contributed by atoms with E-state index in [9.17, 15) is 4.79 Å². The van der Waals surface area contributed by atoms with Crippen molar-refractivity contribution in [1.82, 2.24) is 0 Å². The van der Waals surface area contributed by atoms with Crippen molar-refractivity contribution in [3.63, 3.8) is 0 Å². The lowest BCUT2D eigenvalue weighted by atomic mass is 10.0. The summed E-state index contributed by atoms with van der Waals surface area (Å²) < 4.78 is 0. The minimum absolute atomic E-state index is 0.104. The van der Waals surface area contributed by atoms with Gasteiger partial charge in [0.1, 0.15) is 0 Å². The van der Waals surface area contributed by atoms with Crippen molar-refractivity contribution in [3.8, 4) is 0 Å². The summed E-state index contributed by atoms with van der Waals surface area (Å²) in [7, 11) is 0. The van der Waals surface area contributed by atoms with Crippen LogP contribution in [0.2, 0.25) is 20.1 Å². The Balaban J connectivity index is 3.06. The zero-order chi connectivity index (χ0) is 13.2. The lowest BCUT2D eigenvalue weighted by molar-refractivity contribution is 0.0975. The molecule has 0 spiro atoms. The number of hydrogen-bond donors (Lipinski definition) is 0. The second-order valence-electron chi connectivity index (χ2n) is 4.20. The second kappa shape index (κ2) is 6.29. The van der Waals surface area contributed by atoms with Crippen LogP contribution in [0.25, 0.3) is 0 Å². The van der Waals surface area contributed by atoms with E-state index in [-0.39, 0.29) is 31.4 Å². The first-order valence-electron chi connectivity index (χ1n) is 5.20. The summed E-state index contributed by atoms with van der Waals surface area (Å²) in [6.45, 7) is 4.09. The largest absolute Gasteiger partial charge is 0.294 e. The van der Waals surface area contributed by atoms with Crippen molar-refractivity contribution < 1.29 is 4.79 Å². The topological polar surface area (TPSA) is 17.1 Å². The van der Waals surface area contributed by atoms with Crippen molar-refractivity contribution in [3.05, 3.63) is 31.7 Å². The molecule has 5 heteroatoms. The summed E-state index contributed by atoms with van der Waals surface area (Å²) in [5, 5.41) is 0.809. The highest BCUT2D eigenvalue weighted by Crippen LogP contribution is 2.38. The minimum atomic E-state index is -0.104. The highest BCUT2D eigenvalue weighted by molar-refractivity contribution is 6.51. The maximum Gasteiger partial charge on any atom is 0.165 e. The quantitative estimate of drug-likeness (QED) is 0.383. The number of benzene rings is 1. The van der Waals surface area contributed by atoms with Gasteiger partial charge >= 0.3 is 0 Å². The Morgan fingerprint density at radius 3 is 2.24 bits per heavy atom. The van der Waals surface area contributed by atoms with E-state index in [0.29, 0.717) is 12.3 Å². The smallest absolute Gasteiger partial charge is 0.165 e. The van der Waals surface area contributed by atoms with Crippen LogP contribution in [0.3, 0.4) is 0 Å². The Morgan fingerprint density at radius 1 is 1.12 bits per heavy atom. The summed E-state index contributed by atoms with van der Waals surface area (Å²) in [4.78, 5) is 12.0. The van der Waals surface area contributed by atoms with E-state index >= 15 is 0 Å². The molecule has 1 rings (SSSR count). The average molecular weight is 314 g/mol. The monoisotopic (exact) mass is 312 g/mol. The molecule has 0 bridgehead atoms. The lowest BCUT2D eigenvalue weighted by Gasteiger charge is -2.10.